The minimum Gasteiger partial charge on any atom is -0.467 e. The molecule has 0 aliphatic heterocycles. The van der Waals surface area contributed by atoms with Gasteiger partial charge in [0.05, 0.1) is 18.4 Å². The Morgan fingerprint density at radius 3 is 2.84 bits per heavy atom. The number of amides is 1. The fourth-order valence-corrected chi connectivity index (χ4v) is 1.76. The monoisotopic (exact) mass is 262 g/mol. The molecule has 0 radical (unpaired) electrons. The smallest absolute Gasteiger partial charge is 0.253 e. The Balaban J connectivity index is 2.18. The van der Waals surface area contributed by atoms with Crippen LogP contribution < -0.4 is 10.9 Å². The van der Waals surface area contributed by atoms with Crippen LogP contribution in [0.3, 0.4) is 0 Å². The van der Waals surface area contributed by atoms with Gasteiger partial charge in [0, 0.05) is 11.8 Å². The van der Waals surface area contributed by atoms with E-state index in [0.29, 0.717) is 17.0 Å². The lowest BCUT2D eigenvalue weighted by Gasteiger charge is -2.14. The van der Waals surface area contributed by atoms with Crippen molar-refractivity contribution in [3.8, 4) is 0 Å². The maximum Gasteiger partial charge on any atom is 0.253 e. The SMILES string of the molecule is Cc1[nH]c(=O)ccc1C(=O)NC(CO)c1ccco1. The number of aryl methyl sites for hydroxylation is 1. The molecule has 100 valence electrons. The summed E-state index contributed by atoms with van der Waals surface area (Å²) >= 11 is 0. The molecule has 0 saturated heterocycles. The molecule has 1 unspecified atom stereocenters. The summed E-state index contributed by atoms with van der Waals surface area (Å²) in [6.45, 7) is 1.36. The van der Waals surface area contributed by atoms with Crippen LogP contribution >= 0.6 is 0 Å². The first-order chi connectivity index (χ1) is 9.11. The fourth-order valence-electron chi connectivity index (χ4n) is 1.76. The van der Waals surface area contributed by atoms with Crippen LogP contribution in [0.1, 0.15) is 27.9 Å². The van der Waals surface area contributed by atoms with E-state index in [1.54, 1.807) is 19.1 Å². The van der Waals surface area contributed by atoms with Crippen LogP contribution in [-0.2, 0) is 0 Å². The zero-order valence-electron chi connectivity index (χ0n) is 10.3. The minimum atomic E-state index is -0.617. The molecule has 2 rings (SSSR count). The molecule has 3 N–H and O–H groups in total. The van der Waals surface area contributed by atoms with E-state index in [-0.39, 0.29) is 18.1 Å². The van der Waals surface area contributed by atoms with E-state index < -0.39 is 6.04 Å². The highest BCUT2D eigenvalue weighted by Crippen LogP contribution is 2.14. The lowest BCUT2D eigenvalue weighted by atomic mass is 10.1. The number of carbonyl (C=O) groups excluding carboxylic acids is 1. The number of carbonyl (C=O) groups is 1. The van der Waals surface area contributed by atoms with Crippen molar-refractivity contribution in [1.82, 2.24) is 10.3 Å². The van der Waals surface area contributed by atoms with E-state index in [2.05, 4.69) is 10.3 Å². The minimum absolute atomic E-state index is 0.265. The molecule has 0 bridgehead atoms. The van der Waals surface area contributed by atoms with Crippen molar-refractivity contribution >= 4 is 5.91 Å². The Hall–Kier alpha value is -2.34. The average molecular weight is 262 g/mol. The fraction of sp³-hybridized carbons (Fsp3) is 0.231. The number of H-pyrrole nitrogens is 1. The third kappa shape index (κ3) is 2.92. The molecular formula is C13H14N2O4. The van der Waals surface area contributed by atoms with Crippen molar-refractivity contribution in [3.05, 3.63) is 57.9 Å². The number of aliphatic hydroxyl groups is 1. The molecule has 19 heavy (non-hydrogen) atoms. The number of nitrogens with one attached hydrogen (secondary N) is 2. The van der Waals surface area contributed by atoms with E-state index in [1.807, 2.05) is 0 Å². The van der Waals surface area contributed by atoms with Gasteiger partial charge in [-0.15, -0.1) is 0 Å². The maximum atomic E-state index is 12.1. The first-order valence-corrected chi connectivity index (χ1v) is 5.77. The summed E-state index contributed by atoms with van der Waals surface area (Å²) in [4.78, 5) is 25.7. The van der Waals surface area contributed by atoms with Crippen LogP contribution in [0.25, 0.3) is 0 Å². The van der Waals surface area contributed by atoms with Crippen LogP contribution in [0.2, 0.25) is 0 Å². The van der Waals surface area contributed by atoms with Gasteiger partial charge in [0.1, 0.15) is 11.8 Å². The highest BCUT2D eigenvalue weighted by molar-refractivity contribution is 5.95. The van der Waals surface area contributed by atoms with Crippen molar-refractivity contribution in [2.45, 2.75) is 13.0 Å². The second-order valence-electron chi connectivity index (χ2n) is 4.09. The normalized spacial score (nSPS) is 12.1. The van der Waals surface area contributed by atoms with Crippen molar-refractivity contribution in [2.75, 3.05) is 6.61 Å². The Morgan fingerprint density at radius 2 is 2.26 bits per heavy atom. The van der Waals surface area contributed by atoms with Gasteiger partial charge in [-0.25, -0.2) is 0 Å². The van der Waals surface area contributed by atoms with E-state index in [4.69, 9.17) is 4.42 Å². The molecular weight excluding hydrogens is 248 g/mol. The topological polar surface area (TPSA) is 95.3 Å². The van der Waals surface area contributed by atoms with Gasteiger partial charge in [0.2, 0.25) is 5.56 Å². The van der Waals surface area contributed by atoms with Crippen molar-refractivity contribution in [3.63, 3.8) is 0 Å². The number of aliphatic hydroxyl groups excluding tert-OH is 1. The zero-order chi connectivity index (χ0) is 13.8. The van der Waals surface area contributed by atoms with E-state index in [9.17, 15) is 14.7 Å². The van der Waals surface area contributed by atoms with E-state index in [1.165, 1.54) is 18.4 Å². The second-order valence-corrected chi connectivity index (χ2v) is 4.09. The Morgan fingerprint density at radius 1 is 1.47 bits per heavy atom. The van der Waals surface area contributed by atoms with E-state index >= 15 is 0 Å². The van der Waals surface area contributed by atoms with Gasteiger partial charge in [0.25, 0.3) is 5.91 Å². The Labute approximate surface area is 109 Å². The van der Waals surface area contributed by atoms with Gasteiger partial charge >= 0.3 is 0 Å². The average Bonchev–Trinajstić information content (AvgIpc) is 2.89. The third-order valence-corrected chi connectivity index (χ3v) is 2.74. The van der Waals surface area contributed by atoms with Gasteiger partial charge in [-0.3, -0.25) is 9.59 Å². The molecule has 0 aliphatic rings. The number of hydrogen-bond donors (Lipinski definition) is 3. The Bertz CT molecular complexity index is 616. The van der Waals surface area contributed by atoms with Crippen LogP contribution in [-0.4, -0.2) is 22.6 Å². The van der Waals surface area contributed by atoms with Crippen LogP contribution in [0.5, 0.6) is 0 Å². The third-order valence-electron chi connectivity index (χ3n) is 2.74. The summed E-state index contributed by atoms with van der Waals surface area (Å²) in [5.74, 6) is 0.0853. The highest BCUT2D eigenvalue weighted by Gasteiger charge is 2.18. The molecule has 0 spiro atoms. The zero-order valence-corrected chi connectivity index (χ0v) is 10.3. The number of rotatable bonds is 4. The summed E-state index contributed by atoms with van der Waals surface area (Å²) < 4.78 is 5.14. The van der Waals surface area contributed by atoms with Crippen LogP contribution in [0.4, 0.5) is 0 Å². The van der Waals surface area contributed by atoms with Crippen LogP contribution in [0, 0.1) is 6.92 Å². The molecule has 2 aromatic heterocycles. The summed E-state index contributed by atoms with van der Waals surface area (Å²) in [6, 6.07) is 5.45. The van der Waals surface area contributed by atoms with Gasteiger partial charge in [-0.1, -0.05) is 0 Å². The summed E-state index contributed by atoms with van der Waals surface area (Å²) in [6.07, 6.45) is 1.47. The van der Waals surface area contributed by atoms with Crippen molar-refractivity contribution in [1.29, 1.82) is 0 Å². The lowest BCUT2D eigenvalue weighted by molar-refractivity contribution is 0.0906. The molecule has 1 amide bonds. The molecule has 0 fully saturated rings. The first-order valence-electron chi connectivity index (χ1n) is 5.77. The maximum absolute atomic E-state index is 12.1. The first kappa shape index (κ1) is 13.1. The predicted molar refractivity (Wildman–Crippen MR) is 67.8 cm³/mol. The van der Waals surface area contributed by atoms with Crippen molar-refractivity contribution < 1.29 is 14.3 Å². The second kappa shape index (κ2) is 5.53. The largest absolute Gasteiger partial charge is 0.467 e. The quantitative estimate of drug-likeness (QED) is 0.757. The molecule has 0 aromatic carbocycles. The van der Waals surface area contributed by atoms with Gasteiger partial charge in [-0.2, -0.15) is 0 Å². The standard InChI is InChI=1S/C13H14N2O4/c1-8-9(4-5-12(17)14-8)13(18)15-10(7-16)11-3-2-6-19-11/h2-6,10,16H,7H2,1H3,(H,14,17)(H,15,18). The van der Waals surface area contributed by atoms with E-state index in [0.717, 1.165) is 0 Å². The van der Waals surface area contributed by atoms with Crippen molar-refractivity contribution in [2.24, 2.45) is 0 Å². The number of aromatic nitrogens is 1. The molecule has 0 aliphatic carbocycles. The van der Waals surface area contributed by atoms with Gasteiger partial charge in [-0.05, 0) is 25.1 Å². The van der Waals surface area contributed by atoms with Gasteiger partial charge < -0.3 is 19.8 Å². The van der Waals surface area contributed by atoms with Gasteiger partial charge in [0.15, 0.2) is 0 Å². The number of aromatic amines is 1. The Kier molecular flexibility index (Phi) is 3.82. The molecule has 2 heterocycles. The predicted octanol–water partition coefficient (Wildman–Crippen LogP) is 0.740. The molecule has 0 saturated carbocycles. The summed E-state index contributed by atoms with van der Waals surface area (Å²) in [5.41, 5.74) is 0.560. The van der Waals surface area contributed by atoms with Crippen LogP contribution in [0.15, 0.2) is 39.7 Å². The molecule has 1 atom stereocenters. The molecule has 6 nitrogen and oxygen atoms in total. The summed E-state index contributed by atoms with van der Waals surface area (Å²) in [7, 11) is 0. The number of pyridine rings is 1. The highest BCUT2D eigenvalue weighted by atomic mass is 16.3. The lowest BCUT2D eigenvalue weighted by Crippen LogP contribution is -2.31. The number of furan rings is 1. The molecule has 2 aromatic rings. The summed E-state index contributed by atoms with van der Waals surface area (Å²) in [5, 5.41) is 11.9. The molecule has 6 heteroatoms. The number of hydrogen-bond acceptors (Lipinski definition) is 4.